The van der Waals surface area contributed by atoms with E-state index in [0.29, 0.717) is 24.4 Å². The fourth-order valence-electron chi connectivity index (χ4n) is 4.54. The molecule has 3 heterocycles. The van der Waals surface area contributed by atoms with Crippen LogP contribution in [-0.4, -0.2) is 21.5 Å². The van der Waals surface area contributed by atoms with Crippen LogP contribution < -0.4 is 4.90 Å². The van der Waals surface area contributed by atoms with Crippen LogP contribution in [0.3, 0.4) is 0 Å². The van der Waals surface area contributed by atoms with Crippen LogP contribution in [0, 0.1) is 11.7 Å². The molecule has 0 radical (unpaired) electrons. The number of aromatic amines is 1. The van der Waals surface area contributed by atoms with E-state index >= 15 is 0 Å². The molecule has 2 aromatic heterocycles. The summed E-state index contributed by atoms with van der Waals surface area (Å²) in [5, 5.41) is 0.920. The van der Waals surface area contributed by atoms with Gasteiger partial charge in [0, 0.05) is 29.3 Å². The first-order valence-corrected chi connectivity index (χ1v) is 10.4. The fraction of sp³-hybridized carbons (Fsp3) is 0.429. The molecule has 2 aliphatic rings. The van der Waals surface area contributed by atoms with Crippen molar-refractivity contribution in [1.82, 2.24) is 15.0 Å². The number of benzene rings is 1. The summed E-state index contributed by atoms with van der Waals surface area (Å²) in [5.74, 6) is 0.0695. The summed E-state index contributed by atoms with van der Waals surface area (Å²) >= 11 is 6.00. The SMILES string of the molecule is Fc1cc2[nH]c3c(c2cc1Cl)CCN(c1nccc(C(F)(F)F)n1)C3CC1CCC1. The van der Waals surface area contributed by atoms with E-state index in [9.17, 15) is 17.6 Å². The topological polar surface area (TPSA) is 44.8 Å². The molecule has 1 aliphatic heterocycles. The molecule has 1 aromatic carbocycles. The molecule has 0 amide bonds. The molecule has 158 valence electrons. The first-order chi connectivity index (χ1) is 14.3. The second-order valence-corrected chi connectivity index (χ2v) is 8.47. The van der Waals surface area contributed by atoms with Gasteiger partial charge in [0.05, 0.1) is 11.1 Å². The largest absolute Gasteiger partial charge is 0.433 e. The van der Waals surface area contributed by atoms with Crippen molar-refractivity contribution in [2.75, 3.05) is 11.4 Å². The zero-order valence-corrected chi connectivity index (χ0v) is 16.7. The lowest BCUT2D eigenvalue weighted by Gasteiger charge is -2.39. The minimum atomic E-state index is -4.53. The molecule has 1 N–H and O–H groups in total. The molecule has 9 heteroatoms. The summed E-state index contributed by atoms with van der Waals surface area (Å²) < 4.78 is 53.6. The van der Waals surface area contributed by atoms with Gasteiger partial charge in [0.25, 0.3) is 0 Å². The maximum absolute atomic E-state index is 14.0. The van der Waals surface area contributed by atoms with Gasteiger partial charge in [0.2, 0.25) is 5.95 Å². The van der Waals surface area contributed by atoms with E-state index < -0.39 is 17.7 Å². The van der Waals surface area contributed by atoms with E-state index in [-0.39, 0.29) is 17.0 Å². The normalized spacial score (nSPS) is 19.8. The number of nitrogens with zero attached hydrogens (tertiary/aromatic N) is 3. The van der Waals surface area contributed by atoms with Gasteiger partial charge < -0.3 is 9.88 Å². The van der Waals surface area contributed by atoms with Crippen molar-refractivity contribution in [2.45, 2.75) is 44.3 Å². The summed E-state index contributed by atoms with van der Waals surface area (Å²) in [6, 6.07) is 3.68. The van der Waals surface area contributed by atoms with Gasteiger partial charge in [-0.3, -0.25) is 0 Å². The van der Waals surface area contributed by atoms with Crippen molar-refractivity contribution in [2.24, 2.45) is 5.92 Å². The van der Waals surface area contributed by atoms with Crippen LogP contribution in [0.15, 0.2) is 24.4 Å². The molecular weight excluding hydrogens is 420 g/mol. The smallest absolute Gasteiger partial charge is 0.356 e. The number of rotatable bonds is 3. The molecular formula is C21H19ClF4N4. The number of halogens is 5. The molecule has 1 saturated carbocycles. The van der Waals surface area contributed by atoms with Gasteiger partial charge in [-0.1, -0.05) is 30.9 Å². The molecule has 1 atom stereocenters. The molecule has 1 aliphatic carbocycles. The van der Waals surface area contributed by atoms with Crippen LogP contribution >= 0.6 is 11.6 Å². The van der Waals surface area contributed by atoms with E-state index in [1.54, 1.807) is 6.07 Å². The standard InChI is InChI=1S/C21H19ClF4N4/c22-14-9-13-12-5-7-30(20-27-6-4-18(29-20)21(24,25)26)17(8-11-2-1-3-11)19(12)28-16(13)10-15(14)23/h4,6,9-11,17,28H,1-3,5,7-8H2. The number of alkyl halides is 3. The van der Waals surface area contributed by atoms with Crippen LogP contribution in [-0.2, 0) is 12.6 Å². The Balaban J connectivity index is 1.60. The highest BCUT2D eigenvalue weighted by molar-refractivity contribution is 6.31. The Kier molecular flexibility index (Phi) is 4.65. The Labute approximate surface area is 175 Å². The van der Waals surface area contributed by atoms with Crippen molar-refractivity contribution in [3.63, 3.8) is 0 Å². The zero-order chi connectivity index (χ0) is 21.0. The molecule has 0 bridgehead atoms. The highest BCUT2D eigenvalue weighted by atomic mass is 35.5. The van der Waals surface area contributed by atoms with Crippen LogP contribution in [0.25, 0.3) is 10.9 Å². The van der Waals surface area contributed by atoms with Gasteiger partial charge in [-0.15, -0.1) is 0 Å². The number of fused-ring (bicyclic) bond motifs is 3. The molecule has 30 heavy (non-hydrogen) atoms. The summed E-state index contributed by atoms with van der Waals surface area (Å²) in [6.07, 6.45) is 1.36. The van der Waals surface area contributed by atoms with Gasteiger partial charge in [-0.05, 0) is 42.5 Å². The van der Waals surface area contributed by atoms with E-state index in [1.165, 1.54) is 6.07 Å². The van der Waals surface area contributed by atoms with Gasteiger partial charge in [-0.2, -0.15) is 13.2 Å². The van der Waals surface area contributed by atoms with Crippen LogP contribution in [0.1, 0.15) is 48.7 Å². The molecule has 5 rings (SSSR count). The molecule has 0 spiro atoms. The third-order valence-corrected chi connectivity index (χ3v) is 6.55. The highest BCUT2D eigenvalue weighted by Crippen LogP contribution is 2.44. The van der Waals surface area contributed by atoms with Crippen molar-refractivity contribution >= 4 is 28.5 Å². The van der Waals surface area contributed by atoms with Crippen molar-refractivity contribution in [3.8, 4) is 0 Å². The predicted octanol–water partition coefficient (Wildman–Crippen LogP) is 6.06. The zero-order valence-electron chi connectivity index (χ0n) is 15.9. The van der Waals surface area contributed by atoms with Crippen molar-refractivity contribution in [3.05, 3.63) is 52.2 Å². The number of hydrogen-bond donors (Lipinski definition) is 1. The monoisotopic (exact) mass is 438 g/mol. The maximum Gasteiger partial charge on any atom is 0.433 e. The molecule has 3 aromatic rings. The minimum absolute atomic E-state index is 0.0588. The van der Waals surface area contributed by atoms with Crippen molar-refractivity contribution in [1.29, 1.82) is 0 Å². The summed E-state index contributed by atoms with van der Waals surface area (Å²) in [7, 11) is 0. The van der Waals surface area contributed by atoms with Gasteiger partial charge >= 0.3 is 6.18 Å². The summed E-state index contributed by atoms with van der Waals surface area (Å²) in [4.78, 5) is 13.1. The Bertz CT molecular complexity index is 1110. The quantitative estimate of drug-likeness (QED) is 0.505. The van der Waals surface area contributed by atoms with Crippen molar-refractivity contribution < 1.29 is 17.6 Å². The lowest BCUT2D eigenvalue weighted by molar-refractivity contribution is -0.141. The van der Waals surface area contributed by atoms with Gasteiger partial charge in [-0.25, -0.2) is 14.4 Å². The summed E-state index contributed by atoms with van der Waals surface area (Å²) in [6.45, 7) is 0.480. The number of H-pyrrole nitrogens is 1. The summed E-state index contributed by atoms with van der Waals surface area (Å²) in [5.41, 5.74) is 1.63. The Morgan fingerprint density at radius 2 is 2.03 bits per heavy atom. The third kappa shape index (κ3) is 3.31. The predicted molar refractivity (Wildman–Crippen MR) is 106 cm³/mol. The highest BCUT2D eigenvalue weighted by Gasteiger charge is 2.37. The first kappa shape index (κ1) is 19.6. The lowest BCUT2D eigenvalue weighted by Crippen LogP contribution is -2.38. The minimum Gasteiger partial charge on any atom is -0.356 e. The maximum atomic E-state index is 14.0. The van der Waals surface area contributed by atoms with Gasteiger partial charge in [0.15, 0.2) is 0 Å². The van der Waals surface area contributed by atoms with Crippen LogP contribution in [0.5, 0.6) is 0 Å². The van der Waals surface area contributed by atoms with E-state index in [4.69, 9.17) is 11.6 Å². The molecule has 1 unspecified atom stereocenters. The third-order valence-electron chi connectivity index (χ3n) is 6.26. The number of hydrogen-bond acceptors (Lipinski definition) is 3. The Hall–Kier alpha value is -2.35. The lowest BCUT2D eigenvalue weighted by atomic mass is 9.79. The van der Waals surface area contributed by atoms with Gasteiger partial charge in [0.1, 0.15) is 11.5 Å². The van der Waals surface area contributed by atoms with E-state index in [1.807, 2.05) is 4.90 Å². The number of anilines is 1. The molecule has 1 fully saturated rings. The van der Waals surface area contributed by atoms with Crippen LogP contribution in [0.4, 0.5) is 23.5 Å². The van der Waals surface area contributed by atoms with E-state index in [0.717, 1.165) is 54.6 Å². The second kappa shape index (κ2) is 7.11. The second-order valence-electron chi connectivity index (χ2n) is 8.06. The Morgan fingerprint density at radius 3 is 2.73 bits per heavy atom. The van der Waals surface area contributed by atoms with E-state index in [2.05, 4.69) is 15.0 Å². The molecule has 4 nitrogen and oxygen atoms in total. The fourth-order valence-corrected chi connectivity index (χ4v) is 4.70. The Morgan fingerprint density at radius 1 is 1.23 bits per heavy atom. The average Bonchev–Trinajstić information content (AvgIpc) is 3.02. The number of nitrogens with one attached hydrogen (secondary N) is 1. The first-order valence-electron chi connectivity index (χ1n) is 9.97. The average molecular weight is 439 g/mol. The molecule has 0 saturated heterocycles. The number of aromatic nitrogens is 3. The van der Waals surface area contributed by atoms with Crippen LogP contribution in [0.2, 0.25) is 5.02 Å².